The van der Waals surface area contributed by atoms with Crippen LogP contribution >= 0.6 is 11.8 Å². The van der Waals surface area contributed by atoms with Crippen molar-refractivity contribution < 1.29 is 22.0 Å². The molecule has 0 spiro atoms. The number of hydrogen-bond acceptors (Lipinski definition) is 8. The second-order valence-electron chi connectivity index (χ2n) is 7.19. The molecule has 172 valence electrons. The van der Waals surface area contributed by atoms with Crippen LogP contribution in [0.5, 0.6) is 5.75 Å². The number of rotatable bonds is 8. The Bertz CT molecular complexity index is 1550. The topological polar surface area (TPSA) is 107 Å². The van der Waals surface area contributed by atoms with Crippen LogP contribution in [0.25, 0.3) is 22.4 Å². The van der Waals surface area contributed by atoms with Crippen molar-refractivity contribution in [3.05, 3.63) is 84.9 Å². The van der Waals surface area contributed by atoms with E-state index in [9.17, 15) is 8.42 Å². The lowest BCUT2D eigenvalue weighted by atomic mass is 10.2. The molecule has 0 aliphatic heterocycles. The molecule has 5 rings (SSSR count). The highest BCUT2D eigenvalue weighted by atomic mass is 32.2. The first kappa shape index (κ1) is 22.1. The Hall–Kier alpha value is -3.76. The summed E-state index contributed by atoms with van der Waals surface area (Å²) < 4.78 is 45.1. The summed E-state index contributed by atoms with van der Waals surface area (Å²) in [6.45, 7) is 0. The lowest BCUT2D eigenvalue weighted by Gasteiger charge is -2.11. The van der Waals surface area contributed by atoms with Gasteiger partial charge in [-0.05, 0) is 30.3 Å². The number of oxazole rings is 2. The van der Waals surface area contributed by atoms with Crippen molar-refractivity contribution in [2.45, 2.75) is 15.9 Å². The highest BCUT2D eigenvalue weighted by Gasteiger charge is 2.19. The summed E-state index contributed by atoms with van der Waals surface area (Å²) in [5.74, 6) is 2.07. The molecule has 0 aliphatic carbocycles. The molecule has 3 aromatic carbocycles. The number of ether oxygens (including phenoxy) is 1. The van der Waals surface area contributed by atoms with Gasteiger partial charge in [-0.25, -0.2) is 18.4 Å². The van der Waals surface area contributed by atoms with Crippen LogP contribution in [0, 0.1) is 0 Å². The van der Waals surface area contributed by atoms with Crippen LogP contribution in [-0.4, -0.2) is 25.5 Å². The van der Waals surface area contributed by atoms with E-state index in [1.165, 1.54) is 31.0 Å². The third-order valence-corrected chi connectivity index (χ3v) is 7.11. The Labute approximate surface area is 200 Å². The minimum Gasteiger partial charge on any atom is -0.495 e. The number of anilines is 1. The van der Waals surface area contributed by atoms with Crippen molar-refractivity contribution in [1.82, 2.24) is 9.97 Å². The number of fused-ring (bicyclic) bond motifs is 1. The van der Waals surface area contributed by atoms with Crippen molar-refractivity contribution in [1.29, 1.82) is 0 Å². The lowest BCUT2D eigenvalue weighted by molar-refractivity contribution is 0.417. The van der Waals surface area contributed by atoms with Gasteiger partial charge in [-0.3, -0.25) is 4.72 Å². The molecule has 0 bridgehead atoms. The average Bonchev–Trinajstić information content (AvgIpc) is 3.50. The molecule has 0 saturated heterocycles. The third-order valence-electron chi connectivity index (χ3n) is 4.93. The molecule has 8 nitrogen and oxygen atoms in total. The molecule has 2 aromatic heterocycles. The molecule has 0 radical (unpaired) electrons. The quantitative estimate of drug-likeness (QED) is 0.279. The SMILES string of the molecule is COc1ccccc1NS(=O)(=O)c1ccc2oc(SCc3ncc(-c4ccccc4)o3)nc2c1. The molecule has 2 heterocycles. The highest BCUT2D eigenvalue weighted by molar-refractivity contribution is 7.98. The molecule has 0 aliphatic rings. The monoisotopic (exact) mass is 493 g/mol. The number of nitrogens with zero attached hydrogens (tertiary/aromatic N) is 2. The zero-order valence-corrected chi connectivity index (χ0v) is 19.6. The van der Waals surface area contributed by atoms with Gasteiger partial charge in [0.05, 0.1) is 29.6 Å². The Balaban J connectivity index is 1.31. The molecule has 1 N–H and O–H groups in total. The van der Waals surface area contributed by atoms with Crippen LogP contribution in [0.4, 0.5) is 5.69 Å². The maximum Gasteiger partial charge on any atom is 0.262 e. The van der Waals surface area contributed by atoms with Crippen molar-refractivity contribution in [3.8, 4) is 17.1 Å². The van der Waals surface area contributed by atoms with Gasteiger partial charge in [0.2, 0.25) is 5.89 Å². The normalized spacial score (nSPS) is 11.6. The van der Waals surface area contributed by atoms with Gasteiger partial charge in [-0.15, -0.1) is 0 Å². The summed E-state index contributed by atoms with van der Waals surface area (Å²) in [6, 6.07) is 21.0. The first-order valence-corrected chi connectivity index (χ1v) is 12.7. The summed E-state index contributed by atoms with van der Waals surface area (Å²) in [5.41, 5.74) is 2.21. The Kier molecular flexibility index (Phi) is 5.99. The van der Waals surface area contributed by atoms with Gasteiger partial charge in [0.15, 0.2) is 11.3 Å². The van der Waals surface area contributed by atoms with E-state index in [4.69, 9.17) is 13.6 Å². The van der Waals surface area contributed by atoms with Crippen LogP contribution in [0.2, 0.25) is 0 Å². The maximum absolute atomic E-state index is 12.9. The number of para-hydroxylation sites is 2. The van der Waals surface area contributed by atoms with Gasteiger partial charge in [-0.1, -0.05) is 54.2 Å². The molecule has 0 saturated carbocycles. The molecule has 10 heteroatoms. The maximum atomic E-state index is 12.9. The predicted octanol–water partition coefficient (Wildman–Crippen LogP) is 5.58. The van der Waals surface area contributed by atoms with Gasteiger partial charge in [0.1, 0.15) is 11.3 Å². The number of nitrogens with one attached hydrogen (secondary N) is 1. The summed E-state index contributed by atoms with van der Waals surface area (Å²) in [4.78, 5) is 8.79. The lowest BCUT2D eigenvalue weighted by Crippen LogP contribution is -2.13. The van der Waals surface area contributed by atoms with Gasteiger partial charge >= 0.3 is 0 Å². The van der Waals surface area contributed by atoms with E-state index in [0.717, 1.165) is 5.56 Å². The van der Waals surface area contributed by atoms with Crippen LogP contribution in [-0.2, 0) is 15.8 Å². The molecule has 5 aromatic rings. The Morgan fingerprint density at radius 1 is 1.00 bits per heavy atom. The second-order valence-corrected chi connectivity index (χ2v) is 9.80. The van der Waals surface area contributed by atoms with Crippen LogP contribution in [0.1, 0.15) is 5.89 Å². The van der Waals surface area contributed by atoms with E-state index in [1.807, 2.05) is 30.3 Å². The largest absolute Gasteiger partial charge is 0.495 e. The zero-order valence-electron chi connectivity index (χ0n) is 18.0. The van der Waals surface area contributed by atoms with Gasteiger partial charge < -0.3 is 13.6 Å². The minimum atomic E-state index is -3.85. The zero-order chi connectivity index (χ0) is 23.5. The standard InChI is InChI=1S/C24H19N3O5S2/c1-30-20-10-6-5-9-18(20)27-34(28,29)17-11-12-21-19(13-17)26-24(32-21)33-15-23-25-14-22(31-23)16-7-3-2-4-8-16/h2-14,27H,15H2,1H3. The summed E-state index contributed by atoms with van der Waals surface area (Å²) in [7, 11) is -2.37. The Morgan fingerprint density at radius 2 is 1.79 bits per heavy atom. The van der Waals surface area contributed by atoms with Crippen molar-refractivity contribution in [2.24, 2.45) is 0 Å². The van der Waals surface area contributed by atoms with Crippen LogP contribution < -0.4 is 9.46 Å². The van der Waals surface area contributed by atoms with Crippen molar-refractivity contribution in [2.75, 3.05) is 11.8 Å². The molecular formula is C24H19N3O5S2. The van der Waals surface area contributed by atoms with Gasteiger partial charge in [-0.2, -0.15) is 0 Å². The smallest absolute Gasteiger partial charge is 0.262 e. The van der Waals surface area contributed by atoms with Gasteiger partial charge in [0, 0.05) is 5.56 Å². The second kappa shape index (κ2) is 9.24. The minimum absolute atomic E-state index is 0.0657. The Morgan fingerprint density at radius 3 is 2.62 bits per heavy atom. The van der Waals surface area contributed by atoms with Crippen LogP contribution in [0.3, 0.4) is 0 Å². The molecule has 0 atom stereocenters. The fourth-order valence-corrected chi connectivity index (χ4v) is 5.07. The molecule has 0 amide bonds. The number of thioether (sulfide) groups is 1. The number of aromatic nitrogens is 2. The number of sulfonamides is 1. The first-order chi connectivity index (χ1) is 16.5. The van der Waals surface area contributed by atoms with Crippen LogP contribution in [0.15, 0.2) is 97.9 Å². The van der Waals surface area contributed by atoms with E-state index in [2.05, 4.69) is 14.7 Å². The van der Waals surface area contributed by atoms with Crippen molar-refractivity contribution in [3.63, 3.8) is 0 Å². The fourth-order valence-electron chi connectivity index (χ4n) is 3.28. The van der Waals surface area contributed by atoms with E-state index in [1.54, 1.807) is 36.5 Å². The van der Waals surface area contributed by atoms with E-state index in [-0.39, 0.29) is 4.90 Å². The molecule has 0 fully saturated rings. The summed E-state index contributed by atoms with van der Waals surface area (Å²) >= 11 is 1.31. The molecular weight excluding hydrogens is 474 g/mol. The highest BCUT2D eigenvalue weighted by Crippen LogP contribution is 2.30. The van der Waals surface area contributed by atoms with Crippen molar-refractivity contribution >= 4 is 38.6 Å². The summed E-state index contributed by atoms with van der Waals surface area (Å²) in [6.07, 6.45) is 1.68. The average molecular weight is 494 g/mol. The molecule has 0 unspecified atom stereocenters. The molecule has 34 heavy (non-hydrogen) atoms. The van der Waals surface area contributed by atoms with E-state index < -0.39 is 10.0 Å². The number of methoxy groups -OCH3 is 1. The third kappa shape index (κ3) is 4.63. The van der Waals surface area contributed by atoms with E-state index >= 15 is 0 Å². The number of benzene rings is 3. The first-order valence-electron chi connectivity index (χ1n) is 10.2. The predicted molar refractivity (Wildman–Crippen MR) is 129 cm³/mol. The van der Waals surface area contributed by atoms with Gasteiger partial charge in [0.25, 0.3) is 15.2 Å². The fraction of sp³-hybridized carbons (Fsp3) is 0.0833. The summed E-state index contributed by atoms with van der Waals surface area (Å²) in [5, 5.41) is 0.390. The van der Waals surface area contributed by atoms with E-state index in [0.29, 0.717) is 45.2 Å². The number of hydrogen-bond donors (Lipinski definition) is 1.